The molecule has 0 radical (unpaired) electrons. The maximum Gasteiger partial charge on any atom is 0.231 e. The molecule has 0 atom stereocenters. The lowest BCUT2D eigenvalue weighted by molar-refractivity contribution is 0.174. The van der Waals surface area contributed by atoms with Crippen molar-refractivity contribution in [3.63, 3.8) is 0 Å². The molecular formula is C17H14N2O2. The number of hydrogen-bond acceptors (Lipinski definition) is 4. The fraction of sp³-hybridized carbons (Fsp3) is 0.118. The Morgan fingerprint density at radius 1 is 1.05 bits per heavy atom. The van der Waals surface area contributed by atoms with E-state index < -0.39 is 0 Å². The third kappa shape index (κ3) is 2.25. The smallest absolute Gasteiger partial charge is 0.231 e. The molecular weight excluding hydrogens is 264 g/mol. The van der Waals surface area contributed by atoms with Gasteiger partial charge in [-0.3, -0.25) is 4.98 Å². The number of pyridine rings is 1. The van der Waals surface area contributed by atoms with Crippen molar-refractivity contribution in [3.05, 3.63) is 60.4 Å². The first-order valence-electron chi connectivity index (χ1n) is 6.85. The number of anilines is 1. The van der Waals surface area contributed by atoms with E-state index in [0.717, 1.165) is 34.7 Å². The van der Waals surface area contributed by atoms with Gasteiger partial charge in [-0.25, -0.2) is 0 Å². The van der Waals surface area contributed by atoms with Gasteiger partial charge in [0, 0.05) is 30.0 Å². The summed E-state index contributed by atoms with van der Waals surface area (Å²) >= 11 is 0. The zero-order valence-electron chi connectivity index (χ0n) is 11.4. The fourth-order valence-corrected chi connectivity index (χ4v) is 2.52. The van der Waals surface area contributed by atoms with Gasteiger partial charge in [0.25, 0.3) is 0 Å². The van der Waals surface area contributed by atoms with Crippen LogP contribution in [0.1, 0.15) is 5.56 Å². The third-order valence-corrected chi connectivity index (χ3v) is 3.60. The zero-order valence-corrected chi connectivity index (χ0v) is 11.4. The summed E-state index contributed by atoms with van der Waals surface area (Å²) in [5.41, 5.74) is 2.23. The molecule has 4 nitrogen and oxygen atoms in total. The molecule has 2 aromatic carbocycles. The van der Waals surface area contributed by atoms with Crippen LogP contribution in [0.3, 0.4) is 0 Å². The molecule has 0 aliphatic carbocycles. The minimum Gasteiger partial charge on any atom is -0.454 e. The monoisotopic (exact) mass is 278 g/mol. The molecule has 4 rings (SSSR count). The van der Waals surface area contributed by atoms with Gasteiger partial charge in [-0.15, -0.1) is 0 Å². The van der Waals surface area contributed by atoms with Gasteiger partial charge >= 0.3 is 0 Å². The van der Waals surface area contributed by atoms with E-state index in [9.17, 15) is 0 Å². The summed E-state index contributed by atoms with van der Waals surface area (Å²) in [4.78, 5) is 4.20. The second kappa shape index (κ2) is 4.98. The first-order valence-corrected chi connectivity index (χ1v) is 6.85. The molecule has 0 saturated heterocycles. The van der Waals surface area contributed by atoms with E-state index in [-0.39, 0.29) is 0 Å². The summed E-state index contributed by atoms with van der Waals surface area (Å²) < 4.78 is 10.7. The predicted octanol–water partition coefficient (Wildman–Crippen LogP) is 3.58. The number of hydrogen-bond donors (Lipinski definition) is 1. The van der Waals surface area contributed by atoms with Crippen molar-refractivity contribution in [2.45, 2.75) is 6.54 Å². The van der Waals surface area contributed by atoms with Crippen LogP contribution in [0.15, 0.2) is 54.9 Å². The molecule has 104 valence electrons. The summed E-state index contributed by atoms with van der Waals surface area (Å²) in [6.07, 6.45) is 3.70. The molecule has 3 aromatic rings. The standard InChI is InChI=1S/C17H14N2O2/c1-2-13-6-7-18-10-14(13)15(3-1)19-9-12-4-5-16-17(8-12)21-11-20-16/h1-8,10,19H,9,11H2. The van der Waals surface area contributed by atoms with Gasteiger partial charge in [0.1, 0.15) is 0 Å². The highest BCUT2D eigenvalue weighted by molar-refractivity contribution is 5.93. The molecule has 0 bridgehead atoms. The molecule has 1 N–H and O–H groups in total. The van der Waals surface area contributed by atoms with Gasteiger partial charge in [0.15, 0.2) is 11.5 Å². The highest BCUT2D eigenvalue weighted by atomic mass is 16.7. The minimum absolute atomic E-state index is 0.307. The van der Waals surface area contributed by atoms with Gasteiger partial charge in [-0.1, -0.05) is 18.2 Å². The molecule has 0 spiro atoms. The van der Waals surface area contributed by atoms with Gasteiger partial charge in [-0.05, 0) is 35.2 Å². The Kier molecular flexibility index (Phi) is 2.85. The van der Waals surface area contributed by atoms with E-state index in [4.69, 9.17) is 9.47 Å². The van der Waals surface area contributed by atoms with Crippen molar-refractivity contribution in [3.8, 4) is 11.5 Å². The molecule has 0 unspecified atom stereocenters. The topological polar surface area (TPSA) is 43.4 Å². The summed E-state index contributed by atoms with van der Waals surface area (Å²) in [6.45, 7) is 1.03. The van der Waals surface area contributed by atoms with Crippen molar-refractivity contribution in [1.29, 1.82) is 0 Å². The molecule has 2 heterocycles. The third-order valence-electron chi connectivity index (χ3n) is 3.60. The molecule has 1 aliphatic rings. The Morgan fingerprint density at radius 3 is 3.00 bits per heavy atom. The van der Waals surface area contributed by atoms with E-state index >= 15 is 0 Å². The van der Waals surface area contributed by atoms with Crippen LogP contribution in [0.2, 0.25) is 0 Å². The lowest BCUT2D eigenvalue weighted by Crippen LogP contribution is -2.00. The highest BCUT2D eigenvalue weighted by Gasteiger charge is 2.13. The molecule has 0 fully saturated rings. The Hall–Kier alpha value is -2.75. The van der Waals surface area contributed by atoms with Gasteiger partial charge in [0.05, 0.1) is 0 Å². The van der Waals surface area contributed by atoms with Crippen molar-refractivity contribution in [2.75, 3.05) is 12.1 Å². The van der Waals surface area contributed by atoms with Gasteiger partial charge in [-0.2, -0.15) is 0 Å². The van der Waals surface area contributed by atoms with E-state index in [0.29, 0.717) is 6.79 Å². The molecule has 1 aliphatic heterocycles. The fourth-order valence-electron chi connectivity index (χ4n) is 2.52. The number of ether oxygens (including phenoxy) is 2. The maximum atomic E-state index is 5.40. The van der Waals surface area contributed by atoms with Crippen LogP contribution in [0, 0.1) is 0 Å². The molecule has 1 aromatic heterocycles. The van der Waals surface area contributed by atoms with Crippen molar-refractivity contribution >= 4 is 16.5 Å². The summed E-state index contributed by atoms with van der Waals surface area (Å²) in [5, 5.41) is 5.77. The van der Waals surface area contributed by atoms with Crippen molar-refractivity contribution in [1.82, 2.24) is 4.98 Å². The first kappa shape index (κ1) is 12.0. The summed E-state index contributed by atoms with van der Waals surface area (Å²) in [7, 11) is 0. The number of benzene rings is 2. The number of nitrogens with one attached hydrogen (secondary N) is 1. The largest absolute Gasteiger partial charge is 0.454 e. The van der Waals surface area contributed by atoms with E-state index in [1.54, 1.807) is 0 Å². The van der Waals surface area contributed by atoms with E-state index in [1.807, 2.05) is 42.7 Å². The van der Waals surface area contributed by atoms with Gasteiger partial charge in [0.2, 0.25) is 6.79 Å². The average Bonchev–Trinajstić information content (AvgIpc) is 3.00. The Morgan fingerprint density at radius 2 is 2.00 bits per heavy atom. The molecule has 21 heavy (non-hydrogen) atoms. The van der Waals surface area contributed by atoms with Crippen LogP contribution in [-0.2, 0) is 6.54 Å². The Labute approximate surface area is 122 Å². The predicted molar refractivity (Wildman–Crippen MR) is 81.6 cm³/mol. The van der Waals surface area contributed by atoms with E-state index in [1.165, 1.54) is 5.39 Å². The number of fused-ring (bicyclic) bond motifs is 2. The second-order valence-electron chi connectivity index (χ2n) is 4.94. The van der Waals surface area contributed by atoms with E-state index in [2.05, 4.69) is 22.4 Å². The average molecular weight is 278 g/mol. The summed E-state index contributed by atoms with van der Waals surface area (Å²) in [6, 6.07) is 14.2. The second-order valence-corrected chi connectivity index (χ2v) is 4.94. The number of aromatic nitrogens is 1. The lowest BCUT2D eigenvalue weighted by Gasteiger charge is -2.10. The van der Waals surface area contributed by atoms with Crippen LogP contribution >= 0.6 is 0 Å². The summed E-state index contributed by atoms with van der Waals surface area (Å²) in [5.74, 6) is 1.63. The number of rotatable bonds is 3. The van der Waals surface area contributed by atoms with Crippen LogP contribution in [-0.4, -0.2) is 11.8 Å². The zero-order chi connectivity index (χ0) is 14.1. The molecule has 0 saturated carbocycles. The van der Waals surface area contributed by atoms with Crippen LogP contribution in [0.5, 0.6) is 11.5 Å². The molecule has 4 heteroatoms. The lowest BCUT2D eigenvalue weighted by atomic mass is 10.1. The quantitative estimate of drug-likeness (QED) is 0.795. The SMILES string of the molecule is c1cc(NCc2ccc3c(c2)OCO3)c2cnccc2c1. The highest BCUT2D eigenvalue weighted by Crippen LogP contribution is 2.32. The first-order chi connectivity index (χ1) is 10.4. The number of nitrogens with zero attached hydrogens (tertiary/aromatic N) is 1. The van der Waals surface area contributed by atoms with Crippen LogP contribution in [0.4, 0.5) is 5.69 Å². The minimum atomic E-state index is 0.307. The Balaban J connectivity index is 1.58. The van der Waals surface area contributed by atoms with Crippen LogP contribution in [0.25, 0.3) is 10.8 Å². The normalized spacial score (nSPS) is 12.6. The van der Waals surface area contributed by atoms with Crippen molar-refractivity contribution in [2.24, 2.45) is 0 Å². The Bertz CT molecular complexity index is 796. The van der Waals surface area contributed by atoms with Crippen molar-refractivity contribution < 1.29 is 9.47 Å². The van der Waals surface area contributed by atoms with Crippen LogP contribution < -0.4 is 14.8 Å². The maximum absolute atomic E-state index is 5.40. The molecule has 0 amide bonds. The van der Waals surface area contributed by atoms with Gasteiger partial charge < -0.3 is 14.8 Å².